The van der Waals surface area contributed by atoms with E-state index in [2.05, 4.69) is 26.4 Å². The molecule has 6 nitrogen and oxygen atoms in total. The summed E-state index contributed by atoms with van der Waals surface area (Å²) in [5, 5.41) is 6.61. The lowest BCUT2D eigenvalue weighted by Gasteiger charge is -2.33. The van der Waals surface area contributed by atoms with Gasteiger partial charge in [-0.25, -0.2) is 0 Å². The van der Waals surface area contributed by atoms with E-state index in [0.717, 1.165) is 25.9 Å². The summed E-state index contributed by atoms with van der Waals surface area (Å²) in [6.45, 7) is 4.44. The maximum atomic E-state index is 12.0. The molecule has 0 aromatic carbocycles. The summed E-state index contributed by atoms with van der Waals surface area (Å²) < 4.78 is 4.92. The quantitative estimate of drug-likeness (QED) is 0.935. The Morgan fingerprint density at radius 3 is 2.86 bits per heavy atom. The summed E-state index contributed by atoms with van der Waals surface area (Å²) >= 11 is 0. The van der Waals surface area contributed by atoms with Gasteiger partial charge in [0.25, 0.3) is 5.91 Å². The Morgan fingerprint density at radius 2 is 2.23 bits per heavy atom. The maximum Gasteiger partial charge on any atom is 0.256 e. The van der Waals surface area contributed by atoms with Crippen LogP contribution in [0.15, 0.2) is 35.2 Å². The van der Waals surface area contributed by atoms with E-state index in [1.165, 1.54) is 11.9 Å². The van der Waals surface area contributed by atoms with E-state index >= 15 is 0 Å². The number of carbonyl (C=O) groups is 1. The molecule has 2 aromatic rings. The van der Waals surface area contributed by atoms with Crippen molar-refractivity contribution in [2.75, 3.05) is 24.5 Å². The second-order valence-corrected chi connectivity index (χ2v) is 5.65. The van der Waals surface area contributed by atoms with Gasteiger partial charge >= 0.3 is 0 Å². The minimum atomic E-state index is -0.103. The third kappa shape index (κ3) is 3.27. The smallest absolute Gasteiger partial charge is 0.256 e. The van der Waals surface area contributed by atoms with E-state index in [4.69, 9.17) is 4.52 Å². The van der Waals surface area contributed by atoms with Crippen LogP contribution in [-0.4, -0.2) is 35.7 Å². The molecule has 6 heteroatoms. The fraction of sp³-hybridized carbons (Fsp3) is 0.438. The number of aryl methyl sites for hydroxylation is 1. The molecule has 0 bridgehead atoms. The number of nitrogens with zero attached hydrogens (tertiary/aromatic N) is 3. The summed E-state index contributed by atoms with van der Waals surface area (Å²) in [7, 11) is 0. The third-order valence-corrected chi connectivity index (χ3v) is 4.17. The predicted molar refractivity (Wildman–Crippen MR) is 82.7 cm³/mol. The third-order valence-electron chi connectivity index (χ3n) is 4.17. The molecule has 0 atom stereocenters. The minimum Gasteiger partial charge on any atom is -0.370 e. The van der Waals surface area contributed by atoms with E-state index in [-0.39, 0.29) is 5.91 Å². The Kier molecular flexibility index (Phi) is 4.37. The molecule has 2 aromatic heterocycles. The van der Waals surface area contributed by atoms with Crippen LogP contribution in [-0.2, 0) is 0 Å². The van der Waals surface area contributed by atoms with Gasteiger partial charge in [0.05, 0.1) is 18.1 Å². The zero-order chi connectivity index (χ0) is 15.4. The molecule has 0 saturated carbocycles. The van der Waals surface area contributed by atoms with Gasteiger partial charge in [-0.15, -0.1) is 0 Å². The zero-order valence-electron chi connectivity index (χ0n) is 12.7. The van der Waals surface area contributed by atoms with Crippen molar-refractivity contribution in [2.45, 2.75) is 19.8 Å². The molecule has 0 unspecified atom stereocenters. The average molecular weight is 300 g/mol. The molecule has 1 N–H and O–H groups in total. The highest BCUT2D eigenvalue weighted by atomic mass is 16.5. The summed E-state index contributed by atoms with van der Waals surface area (Å²) in [5.74, 6) is 0.967. The standard InChI is InChI=1S/C16H20N4O2/c1-12-15(11-19-22-12)16(21)18-9-13-4-7-20(8-5-13)14-3-2-6-17-10-14/h2-3,6,10-11,13H,4-5,7-9H2,1H3,(H,18,21). The van der Waals surface area contributed by atoms with Crippen LogP contribution < -0.4 is 10.2 Å². The number of hydrogen-bond donors (Lipinski definition) is 1. The van der Waals surface area contributed by atoms with Gasteiger partial charge in [-0.3, -0.25) is 9.78 Å². The Morgan fingerprint density at radius 1 is 1.41 bits per heavy atom. The SMILES string of the molecule is Cc1oncc1C(=O)NCC1CCN(c2cccnc2)CC1. The number of amides is 1. The molecule has 1 saturated heterocycles. The predicted octanol–water partition coefficient (Wildman–Crippen LogP) is 2.02. The van der Waals surface area contributed by atoms with Crippen LogP contribution in [0.5, 0.6) is 0 Å². The van der Waals surface area contributed by atoms with Crippen molar-refractivity contribution in [1.29, 1.82) is 0 Å². The Bertz CT molecular complexity index is 618. The Labute approximate surface area is 129 Å². The van der Waals surface area contributed by atoms with Crippen LogP contribution in [0.1, 0.15) is 29.0 Å². The van der Waals surface area contributed by atoms with Crippen LogP contribution in [0.4, 0.5) is 5.69 Å². The van der Waals surface area contributed by atoms with Gasteiger partial charge in [-0.2, -0.15) is 0 Å². The lowest BCUT2D eigenvalue weighted by Crippen LogP contribution is -2.38. The van der Waals surface area contributed by atoms with Gasteiger partial charge in [-0.1, -0.05) is 5.16 Å². The Balaban J connectivity index is 1.46. The van der Waals surface area contributed by atoms with Crippen LogP contribution in [0.3, 0.4) is 0 Å². The first-order valence-electron chi connectivity index (χ1n) is 7.58. The first-order valence-corrected chi connectivity index (χ1v) is 7.58. The molecular weight excluding hydrogens is 280 g/mol. The monoisotopic (exact) mass is 300 g/mol. The van der Waals surface area contributed by atoms with Crippen molar-refractivity contribution in [3.05, 3.63) is 42.0 Å². The number of pyridine rings is 1. The first-order chi connectivity index (χ1) is 10.7. The highest BCUT2D eigenvalue weighted by molar-refractivity contribution is 5.94. The molecule has 3 rings (SSSR count). The number of aromatic nitrogens is 2. The molecule has 3 heterocycles. The van der Waals surface area contributed by atoms with Crippen molar-refractivity contribution >= 4 is 11.6 Å². The largest absolute Gasteiger partial charge is 0.370 e. The summed E-state index contributed by atoms with van der Waals surface area (Å²) in [6, 6.07) is 4.05. The first kappa shape index (κ1) is 14.6. The number of anilines is 1. The average Bonchev–Trinajstić information content (AvgIpc) is 3.00. The van der Waals surface area contributed by atoms with Gasteiger partial charge in [-0.05, 0) is 37.8 Å². The van der Waals surface area contributed by atoms with Gasteiger partial charge in [0.15, 0.2) is 0 Å². The van der Waals surface area contributed by atoms with E-state index in [0.29, 0.717) is 23.8 Å². The van der Waals surface area contributed by atoms with Crippen molar-refractivity contribution in [1.82, 2.24) is 15.5 Å². The lowest BCUT2D eigenvalue weighted by atomic mass is 9.96. The van der Waals surface area contributed by atoms with E-state index in [9.17, 15) is 4.79 Å². The topological polar surface area (TPSA) is 71.3 Å². The molecule has 116 valence electrons. The minimum absolute atomic E-state index is 0.103. The van der Waals surface area contributed by atoms with Crippen LogP contribution in [0.25, 0.3) is 0 Å². The number of piperidine rings is 1. The summed E-state index contributed by atoms with van der Waals surface area (Å²) in [4.78, 5) is 18.5. The molecule has 1 fully saturated rings. The van der Waals surface area contributed by atoms with Crippen molar-refractivity contribution < 1.29 is 9.32 Å². The number of nitrogens with one attached hydrogen (secondary N) is 1. The van der Waals surface area contributed by atoms with Gasteiger partial charge in [0.2, 0.25) is 0 Å². The Hall–Kier alpha value is -2.37. The molecule has 0 aliphatic carbocycles. The maximum absolute atomic E-state index is 12.0. The molecule has 1 amide bonds. The van der Waals surface area contributed by atoms with Crippen molar-refractivity contribution in [3.63, 3.8) is 0 Å². The van der Waals surface area contributed by atoms with Crippen LogP contribution in [0.2, 0.25) is 0 Å². The van der Waals surface area contributed by atoms with E-state index in [1.807, 2.05) is 12.3 Å². The van der Waals surface area contributed by atoms with Crippen molar-refractivity contribution in [3.8, 4) is 0 Å². The van der Waals surface area contributed by atoms with Gasteiger partial charge in [0.1, 0.15) is 11.3 Å². The number of rotatable bonds is 4. The molecule has 1 aliphatic rings. The lowest BCUT2D eigenvalue weighted by molar-refractivity contribution is 0.0943. The highest BCUT2D eigenvalue weighted by Crippen LogP contribution is 2.22. The van der Waals surface area contributed by atoms with Gasteiger partial charge < -0.3 is 14.7 Å². The van der Waals surface area contributed by atoms with Gasteiger partial charge in [0, 0.05) is 25.8 Å². The molecule has 22 heavy (non-hydrogen) atoms. The van der Waals surface area contributed by atoms with Crippen molar-refractivity contribution in [2.24, 2.45) is 5.92 Å². The highest BCUT2D eigenvalue weighted by Gasteiger charge is 2.21. The summed E-state index contributed by atoms with van der Waals surface area (Å²) in [5.41, 5.74) is 1.69. The van der Waals surface area contributed by atoms with E-state index < -0.39 is 0 Å². The van der Waals surface area contributed by atoms with Crippen LogP contribution in [0, 0.1) is 12.8 Å². The molecule has 0 spiro atoms. The molecule has 0 radical (unpaired) electrons. The van der Waals surface area contributed by atoms with E-state index in [1.54, 1.807) is 13.1 Å². The number of hydrogen-bond acceptors (Lipinski definition) is 5. The fourth-order valence-corrected chi connectivity index (χ4v) is 2.79. The number of carbonyl (C=O) groups excluding carboxylic acids is 1. The normalized spacial score (nSPS) is 15.8. The molecule has 1 aliphatic heterocycles. The molecular formula is C16H20N4O2. The van der Waals surface area contributed by atoms with Crippen LogP contribution >= 0.6 is 0 Å². The zero-order valence-corrected chi connectivity index (χ0v) is 12.7. The second-order valence-electron chi connectivity index (χ2n) is 5.65. The second kappa shape index (κ2) is 6.60. The summed E-state index contributed by atoms with van der Waals surface area (Å²) in [6.07, 6.45) is 7.29. The fourth-order valence-electron chi connectivity index (χ4n) is 2.79.